The Kier molecular flexibility index (Phi) is 12.1. The van der Waals surface area contributed by atoms with Gasteiger partial charge in [0.1, 0.15) is 0 Å². The predicted octanol–water partition coefficient (Wildman–Crippen LogP) is 0.151. The maximum absolute atomic E-state index is 9.60. The van der Waals surface area contributed by atoms with E-state index in [0.29, 0.717) is 39.0 Å². The van der Waals surface area contributed by atoms with E-state index in [1.165, 1.54) is 0 Å². The van der Waals surface area contributed by atoms with Gasteiger partial charge in [0.2, 0.25) is 0 Å². The molecule has 2 atom stereocenters. The molecular formula is C12H27NO4. The van der Waals surface area contributed by atoms with Crippen molar-refractivity contribution in [3.05, 3.63) is 0 Å². The molecule has 3 N–H and O–H groups in total. The summed E-state index contributed by atoms with van der Waals surface area (Å²) < 4.78 is 10.4. The van der Waals surface area contributed by atoms with E-state index in [1.54, 1.807) is 0 Å². The van der Waals surface area contributed by atoms with Crippen LogP contribution in [0.25, 0.3) is 0 Å². The van der Waals surface area contributed by atoms with Gasteiger partial charge < -0.3 is 25.0 Å². The molecule has 0 aromatic rings. The monoisotopic (exact) mass is 249 g/mol. The molecule has 0 heterocycles. The summed E-state index contributed by atoms with van der Waals surface area (Å²) >= 11 is 0. The van der Waals surface area contributed by atoms with Crippen LogP contribution in [0.3, 0.4) is 0 Å². The van der Waals surface area contributed by atoms with Crippen LogP contribution in [0.1, 0.15) is 26.7 Å². The van der Waals surface area contributed by atoms with Gasteiger partial charge in [-0.15, -0.1) is 0 Å². The smallest absolute Gasteiger partial charge is 0.0897 e. The molecule has 0 aromatic carbocycles. The van der Waals surface area contributed by atoms with E-state index >= 15 is 0 Å². The fraction of sp³-hybridized carbons (Fsp3) is 1.00. The lowest BCUT2D eigenvalue weighted by atomic mass is 10.2. The standard InChI is InChI=1S/C12H27NO4/c1-3-16-7-8-17-10-12(15)9-13-11(2)5-4-6-14/h11-15H,3-10H2,1-2H3. The molecule has 0 rings (SSSR count). The summed E-state index contributed by atoms with van der Waals surface area (Å²) in [6.07, 6.45) is 1.21. The van der Waals surface area contributed by atoms with Gasteiger partial charge in [-0.1, -0.05) is 0 Å². The molecule has 5 nitrogen and oxygen atoms in total. The van der Waals surface area contributed by atoms with Crippen LogP contribution in [-0.4, -0.2) is 61.9 Å². The van der Waals surface area contributed by atoms with Gasteiger partial charge in [-0.25, -0.2) is 0 Å². The van der Waals surface area contributed by atoms with Gasteiger partial charge >= 0.3 is 0 Å². The van der Waals surface area contributed by atoms with Gasteiger partial charge in [0.15, 0.2) is 0 Å². The molecule has 5 heteroatoms. The van der Waals surface area contributed by atoms with E-state index < -0.39 is 6.10 Å². The van der Waals surface area contributed by atoms with Crippen molar-refractivity contribution in [1.82, 2.24) is 5.32 Å². The molecule has 0 aliphatic heterocycles. The Balaban J connectivity index is 3.30. The van der Waals surface area contributed by atoms with Crippen LogP contribution in [0, 0.1) is 0 Å². The number of hydrogen-bond donors (Lipinski definition) is 3. The third-order valence-corrected chi connectivity index (χ3v) is 2.38. The second kappa shape index (κ2) is 12.3. The van der Waals surface area contributed by atoms with Crippen LogP contribution in [0.2, 0.25) is 0 Å². The van der Waals surface area contributed by atoms with Crippen molar-refractivity contribution in [2.24, 2.45) is 0 Å². The number of hydrogen-bond acceptors (Lipinski definition) is 5. The van der Waals surface area contributed by atoms with Crippen LogP contribution in [-0.2, 0) is 9.47 Å². The second-order valence-electron chi connectivity index (χ2n) is 4.10. The fourth-order valence-electron chi connectivity index (χ4n) is 1.38. The Bertz CT molecular complexity index is 157. The van der Waals surface area contributed by atoms with E-state index in [1.807, 2.05) is 13.8 Å². The largest absolute Gasteiger partial charge is 0.396 e. The first-order chi connectivity index (χ1) is 8.20. The Morgan fingerprint density at radius 2 is 1.94 bits per heavy atom. The summed E-state index contributed by atoms with van der Waals surface area (Å²) in [6, 6.07) is 0.306. The summed E-state index contributed by atoms with van der Waals surface area (Å²) in [5.74, 6) is 0. The van der Waals surface area contributed by atoms with Crippen molar-refractivity contribution in [1.29, 1.82) is 0 Å². The van der Waals surface area contributed by atoms with Crippen molar-refractivity contribution < 1.29 is 19.7 Å². The highest BCUT2D eigenvalue weighted by atomic mass is 16.5. The number of aliphatic hydroxyl groups is 2. The van der Waals surface area contributed by atoms with Crippen LogP contribution in [0.15, 0.2) is 0 Å². The lowest BCUT2D eigenvalue weighted by molar-refractivity contribution is 0.00577. The van der Waals surface area contributed by atoms with Crippen molar-refractivity contribution >= 4 is 0 Å². The molecule has 0 amide bonds. The Hall–Kier alpha value is -0.200. The molecule has 0 fully saturated rings. The SMILES string of the molecule is CCOCCOCC(O)CNC(C)CCCO. The molecule has 2 unspecified atom stereocenters. The minimum absolute atomic E-state index is 0.217. The molecule has 0 aliphatic carbocycles. The molecule has 0 aliphatic rings. The van der Waals surface area contributed by atoms with E-state index in [2.05, 4.69) is 5.32 Å². The van der Waals surface area contributed by atoms with Gasteiger partial charge in [0, 0.05) is 25.8 Å². The molecule has 0 saturated heterocycles. The highest BCUT2D eigenvalue weighted by Gasteiger charge is 2.06. The summed E-state index contributed by atoms with van der Waals surface area (Å²) in [7, 11) is 0. The Labute approximate surface area is 104 Å². The van der Waals surface area contributed by atoms with Crippen molar-refractivity contribution in [2.45, 2.75) is 38.8 Å². The fourth-order valence-corrected chi connectivity index (χ4v) is 1.38. The molecule has 0 aromatic heterocycles. The number of aliphatic hydroxyl groups excluding tert-OH is 2. The lowest BCUT2D eigenvalue weighted by Gasteiger charge is -2.16. The molecule has 0 radical (unpaired) electrons. The molecule has 0 bridgehead atoms. The number of nitrogens with one attached hydrogen (secondary N) is 1. The zero-order valence-electron chi connectivity index (χ0n) is 11.0. The van der Waals surface area contributed by atoms with Gasteiger partial charge in [-0.3, -0.25) is 0 Å². The van der Waals surface area contributed by atoms with Gasteiger partial charge in [-0.2, -0.15) is 0 Å². The third kappa shape index (κ3) is 12.1. The first-order valence-electron chi connectivity index (χ1n) is 6.38. The van der Waals surface area contributed by atoms with E-state index in [-0.39, 0.29) is 6.61 Å². The molecule has 104 valence electrons. The predicted molar refractivity (Wildman–Crippen MR) is 67.1 cm³/mol. The average molecular weight is 249 g/mol. The van der Waals surface area contributed by atoms with Crippen LogP contribution < -0.4 is 5.32 Å². The highest BCUT2D eigenvalue weighted by molar-refractivity contribution is 4.64. The van der Waals surface area contributed by atoms with Crippen molar-refractivity contribution in [3.63, 3.8) is 0 Å². The summed E-state index contributed by atoms with van der Waals surface area (Å²) in [5, 5.41) is 21.5. The van der Waals surface area contributed by atoms with Gasteiger partial charge in [0.25, 0.3) is 0 Å². The first kappa shape index (κ1) is 16.8. The molecular weight excluding hydrogens is 222 g/mol. The minimum atomic E-state index is -0.492. The maximum atomic E-state index is 9.60. The number of rotatable bonds is 12. The Morgan fingerprint density at radius 3 is 2.59 bits per heavy atom. The molecule has 0 saturated carbocycles. The number of ether oxygens (including phenoxy) is 2. The van der Waals surface area contributed by atoms with Crippen LogP contribution in [0.4, 0.5) is 0 Å². The quantitative estimate of drug-likeness (QED) is 0.430. The summed E-state index contributed by atoms with van der Waals surface area (Å²) in [5.41, 5.74) is 0. The molecule has 0 spiro atoms. The topological polar surface area (TPSA) is 71.0 Å². The van der Waals surface area contributed by atoms with Gasteiger partial charge in [0.05, 0.1) is 25.9 Å². The normalized spacial score (nSPS) is 14.8. The first-order valence-corrected chi connectivity index (χ1v) is 6.38. The third-order valence-electron chi connectivity index (χ3n) is 2.38. The van der Waals surface area contributed by atoms with Crippen LogP contribution >= 0.6 is 0 Å². The minimum Gasteiger partial charge on any atom is -0.396 e. The van der Waals surface area contributed by atoms with Crippen molar-refractivity contribution in [2.75, 3.05) is 39.6 Å². The zero-order valence-corrected chi connectivity index (χ0v) is 11.0. The van der Waals surface area contributed by atoms with E-state index in [9.17, 15) is 5.11 Å². The lowest BCUT2D eigenvalue weighted by Crippen LogP contribution is -2.36. The average Bonchev–Trinajstić information content (AvgIpc) is 2.33. The highest BCUT2D eigenvalue weighted by Crippen LogP contribution is 1.95. The maximum Gasteiger partial charge on any atom is 0.0897 e. The van der Waals surface area contributed by atoms with Crippen LogP contribution in [0.5, 0.6) is 0 Å². The summed E-state index contributed by atoms with van der Waals surface area (Å²) in [4.78, 5) is 0. The zero-order chi connectivity index (χ0) is 12.9. The summed E-state index contributed by atoms with van der Waals surface area (Å²) in [6.45, 7) is 6.82. The van der Waals surface area contributed by atoms with Crippen molar-refractivity contribution in [3.8, 4) is 0 Å². The Morgan fingerprint density at radius 1 is 1.24 bits per heavy atom. The molecule has 17 heavy (non-hydrogen) atoms. The van der Waals surface area contributed by atoms with E-state index in [0.717, 1.165) is 12.8 Å². The van der Waals surface area contributed by atoms with E-state index in [4.69, 9.17) is 14.6 Å². The van der Waals surface area contributed by atoms with Gasteiger partial charge in [-0.05, 0) is 26.7 Å². The second-order valence-corrected chi connectivity index (χ2v) is 4.10.